The predicted octanol–water partition coefficient (Wildman–Crippen LogP) is 4.86. The second-order valence-corrected chi connectivity index (χ2v) is 9.31. The zero-order valence-corrected chi connectivity index (χ0v) is 21.0. The molecule has 0 bridgehead atoms. The van der Waals surface area contributed by atoms with Crippen molar-refractivity contribution in [3.63, 3.8) is 0 Å². The summed E-state index contributed by atoms with van der Waals surface area (Å²) in [4.78, 5) is 17.4. The number of rotatable bonds is 9. The summed E-state index contributed by atoms with van der Waals surface area (Å²) in [5.41, 5.74) is 8.51. The van der Waals surface area contributed by atoms with Gasteiger partial charge in [-0.3, -0.25) is 9.48 Å². The third-order valence-corrected chi connectivity index (χ3v) is 6.27. The molecule has 3 N–H and O–H groups in total. The van der Waals surface area contributed by atoms with Crippen LogP contribution in [-0.4, -0.2) is 45.6 Å². The number of halogens is 3. The minimum atomic E-state index is -4.33. The second kappa shape index (κ2) is 11.6. The van der Waals surface area contributed by atoms with Gasteiger partial charge in [-0.05, 0) is 61.6 Å². The Labute approximate surface area is 218 Å². The molecular weight excluding hydrogens is 499 g/mol. The highest BCUT2D eigenvalue weighted by Gasteiger charge is 2.28. The number of hydrogen-bond donors (Lipinski definition) is 2. The number of amides is 1. The van der Waals surface area contributed by atoms with E-state index in [4.69, 9.17) is 15.2 Å². The third-order valence-electron chi connectivity index (χ3n) is 6.27. The predicted molar refractivity (Wildman–Crippen MR) is 136 cm³/mol. The van der Waals surface area contributed by atoms with Crippen molar-refractivity contribution in [3.8, 4) is 22.8 Å². The summed E-state index contributed by atoms with van der Waals surface area (Å²) in [5.74, 6) is 0.301. The van der Waals surface area contributed by atoms with Crippen molar-refractivity contribution in [2.24, 2.45) is 12.8 Å². The fourth-order valence-electron chi connectivity index (χ4n) is 4.32. The van der Waals surface area contributed by atoms with Gasteiger partial charge in [-0.15, -0.1) is 0 Å². The molecule has 1 saturated carbocycles. The molecule has 1 fully saturated rings. The normalized spacial score (nSPS) is 17.6. The smallest absolute Gasteiger partial charge is 0.392 e. The van der Waals surface area contributed by atoms with E-state index >= 15 is 0 Å². The van der Waals surface area contributed by atoms with Crippen LogP contribution in [-0.2, 0) is 7.05 Å². The first kappa shape index (κ1) is 27.0. The Morgan fingerprint density at radius 2 is 1.97 bits per heavy atom. The number of benzene rings is 1. The van der Waals surface area contributed by atoms with Crippen LogP contribution in [0.1, 0.15) is 48.0 Å². The van der Waals surface area contributed by atoms with E-state index in [1.54, 1.807) is 54.6 Å². The number of hydrogen-bond acceptors (Lipinski definition) is 6. The molecule has 1 aromatic carbocycles. The molecule has 1 amide bonds. The molecule has 1 aliphatic carbocycles. The third kappa shape index (κ3) is 7.27. The van der Waals surface area contributed by atoms with Gasteiger partial charge in [-0.2, -0.15) is 18.3 Å². The van der Waals surface area contributed by atoms with Gasteiger partial charge in [0.05, 0.1) is 24.8 Å². The maximum atomic E-state index is 13.1. The van der Waals surface area contributed by atoms with E-state index in [2.05, 4.69) is 22.0 Å². The summed E-state index contributed by atoms with van der Waals surface area (Å²) < 4.78 is 50.8. The van der Waals surface area contributed by atoms with Crippen LogP contribution in [0.25, 0.3) is 16.8 Å². The minimum absolute atomic E-state index is 0.0707. The zero-order chi connectivity index (χ0) is 27.3. The van der Waals surface area contributed by atoms with Gasteiger partial charge in [0.15, 0.2) is 0 Å². The first-order chi connectivity index (χ1) is 18.1. The number of alkyl halides is 3. The lowest BCUT2D eigenvalue weighted by Gasteiger charge is -2.29. The number of nitrogens with zero attached hydrogens (tertiary/aromatic N) is 3. The lowest BCUT2D eigenvalue weighted by atomic mass is 9.92. The topological polar surface area (TPSA) is 104 Å². The maximum Gasteiger partial charge on any atom is 0.392 e. The monoisotopic (exact) mass is 529 g/mol. The van der Waals surface area contributed by atoms with E-state index in [1.807, 2.05) is 0 Å². The van der Waals surface area contributed by atoms with Crippen LogP contribution in [0.4, 0.5) is 13.2 Å². The van der Waals surface area contributed by atoms with Crippen molar-refractivity contribution in [3.05, 3.63) is 66.6 Å². The van der Waals surface area contributed by atoms with Gasteiger partial charge in [0.25, 0.3) is 5.91 Å². The Bertz CT molecular complexity index is 1280. The Kier molecular flexibility index (Phi) is 8.23. The number of nitrogens with two attached hydrogens (primary N) is 1. The molecule has 0 spiro atoms. The molecule has 202 valence electrons. The van der Waals surface area contributed by atoms with E-state index in [9.17, 15) is 18.0 Å². The summed E-state index contributed by atoms with van der Waals surface area (Å²) in [6, 6.07) is 8.24. The summed E-state index contributed by atoms with van der Waals surface area (Å²) in [7, 11) is 1.75. The molecule has 0 saturated heterocycles. The van der Waals surface area contributed by atoms with Gasteiger partial charge in [0, 0.05) is 42.3 Å². The summed E-state index contributed by atoms with van der Waals surface area (Å²) >= 11 is 0. The zero-order valence-electron chi connectivity index (χ0n) is 21.0. The highest BCUT2D eigenvalue weighted by molar-refractivity contribution is 5.96. The standard InChI is InChI=1S/C27H30F3N5O3/c1-17(31)24-4-3-10-32-26(24)38-22-7-5-21(6-8-22)34-25(36)19-12-18(20-15-33-35(2)16-20)13-23(14-19)37-11-9-27(28,29)30/h3-4,10,12-16,21-22H,1,5-9,11,31H2,2H3,(H,34,36). The maximum absolute atomic E-state index is 13.1. The number of aromatic nitrogens is 3. The van der Waals surface area contributed by atoms with Crippen LogP contribution in [0.3, 0.4) is 0 Å². The minimum Gasteiger partial charge on any atom is -0.493 e. The van der Waals surface area contributed by atoms with E-state index in [1.165, 1.54) is 6.07 Å². The average molecular weight is 530 g/mol. The molecule has 3 aromatic rings. The lowest BCUT2D eigenvalue weighted by molar-refractivity contribution is -0.139. The number of carbonyl (C=O) groups is 1. The van der Waals surface area contributed by atoms with Crippen molar-refractivity contribution < 1.29 is 27.4 Å². The molecule has 0 radical (unpaired) electrons. The van der Waals surface area contributed by atoms with Crippen LogP contribution in [0.5, 0.6) is 11.6 Å². The molecule has 8 nitrogen and oxygen atoms in total. The van der Waals surface area contributed by atoms with Gasteiger partial charge in [0.1, 0.15) is 11.9 Å². The highest BCUT2D eigenvalue weighted by atomic mass is 19.4. The number of carbonyl (C=O) groups excluding carboxylic acids is 1. The average Bonchev–Trinajstić information content (AvgIpc) is 3.31. The summed E-state index contributed by atoms with van der Waals surface area (Å²) in [6.07, 6.45) is 2.32. The van der Waals surface area contributed by atoms with E-state index in [0.29, 0.717) is 54.0 Å². The molecule has 0 aliphatic heterocycles. The number of pyridine rings is 1. The Balaban J connectivity index is 1.40. The van der Waals surface area contributed by atoms with Crippen molar-refractivity contribution >= 4 is 11.6 Å². The number of aryl methyl sites for hydroxylation is 1. The van der Waals surface area contributed by atoms with Gasteiger partial charge in [-0.1, -0.05) is 6.58 Å². The van der Waals surface area contributed by atoms with Gasteiger partial charge in [-0.25, -0.2) is 4.98 Å². The van der Waals surface area contributed by atoms with Crippen LogP contribution < -0.4 is 20.5 Å². The van der Waals surface area contributed by atoms with Crippen molar-refractivity contribution in [1.29, 1.82) is 0 Å². The SMILES string of the molecule is C=C(N)c1cccnc1OC1CCC(NC(=O)c2cc(OCCC(F)(F)F)cc(-c3cnn(C)c3)c2)CC1. The molecule has 2 aromatic heterocycles. The van der Waals surface area contributed by atoms with Crippen LogP contribution in [0, 0.1) is 0 Å². The van der Waals surface area contributed by atoms with Crippen LogP contribution in [0.2, 0.25) is 0 Å². The van der Waals surface area contributed by atoms with Crippen LogP contribution in [0.15, 0.2) is 55.5 Å². The molecule has 0 unspecified atom stereocenters. The number of nitrogens with one attached hydrogen (secondary N) is 1. The summed E-state index contributed by atoms with van der Waals surface area (Å²) in [5, 5.41) is 7.18. The molecule has 2 heterocycles. The first-order valence-electron chi connectivity index (χ1n) is 12.3. The summed E-state index contributed by atoms with van der Waals surface area (Å²) in [6.45, 7) is 3.22. The Morgan fingerprint density at radius 3 is 2.63 bits per heavy atom. The van der Waals surface area contributed by atoms with Crippen LogP contribution >= 0.6 is 0 Å². The molecular formula is C27H30F3N5O3. The fourth-order valence-corrected chi connectivity index (χ4v) is 4.32. The van der Waals surface area contributed by atoms with Gasteiger partial charge < -0.3 is 20.5 Å². The van der Waals surface area contributed by atoms with E-state index in [0.717, 1.165) is 5.56 Å². The first-order valence-corrected chi connectivity index (χ1v) is 12.3. The van der Waals surface area contributed by atoms with Crippen molar-refractivity contribution in [1.82, 2.24) is 20.1 Å². The number of ether oxygens (including phenoxy) is 2. The Morgan fingerprint density at radius 1 is 1.21 bits per heavy atom. The molecule has 38 heavy (non-hydrogen) atoms. The molecule has 1 aliphatic rings. The molecule has 4 rings (SSSR count). The van der Waals surface area contributed by atoms with Crippen molar-refractivity contribution in [2.75, 3.05) is 6.61 Å². The second-order valence-electron chi connectivity index (χ2n) is 9.31. The Hall–Kier alpha value is -4.02. The fraction of sp³-hybridized carbons (Fsp3) is 0.370. The van der Waals surface area contributed by atoms with Gasteiger partial charge >= 0.3 is 6.18 Å². The molecule has 11 heteroatoms. The van der Waals surface area contributed by atoms with E-state index < -0.39 is 19.2 Å². The lowest BCUT2D eigenvalue weighted by Crippen LogP contribution is -2.39. The van der Waals surface area contributed by atoms with E-state index in [-0.39, 0.29) is 23.8 Å². The molecule has 0 atom stereocenters. The van der Waals surface area contributed by atoms with Gasteiger partial charge in [0.2, 0.25) is 5.88 Å². The van der Waals surface area contributed by atoms with Crippen molar-refractivity contribution in [2.45, 2.75) is 50.4 Å². The highest BCUT2D eigenvalue weighted by Crippen LogP contribution is 2.29. The largest absolute Gasteiger partial charge is 0.493 e. The quantitative estimate of drug-likeness (QED) is 0.410.